The Kier molecular flexibility index (Phi) is 4.46. The standard InChI is InChI=1S/C15H22N4OS/c1-10(14-17-7-11(2)21-14)6-16-13(20)12-8-18-19(9-12)15(3,4)5/h7-10H,6H2,1-5H3,(H,16,20). The van der Waals surface area contributed by atoms with Gasteiger partial charge in [0.1, 0.15) is 0 Å². The average Bonchev–Trinajstić information content (AvgIpc) is 3.03. The summed E-state index contributed by atoms with van der Waals surface area (Å²) in [5.41, 5.74) is 0.469. The zero-order valence-corrected chi connectivity index (χ0v) is 14.0. The predicted octanol–water partition coefficient (Wildman–Crippen LogP) is 2.94. The van der Waals surface area contributed by atoms with E-state index in [-0.39, 0.29) is 17.4 Å². The number of hydrogen-bond donors (Lipinski definition) is 1. The summed E-state index contributed by atoms with van der Waals surface area (Å²) in [7, 11) is 0. The van der Waals surface area contributed by atoms with Crippen molar-refractivity contribution in [1.82, 2.24) is 20.1 Å². The lowest BCUT2D eigenvalue weighted by Gasteiger charge is -2.18. The molecule has 0 spiro atoms. The molecule has 0 saturated heterocycles. The molecule has 0 aliphatic carbocycles. The van der Waals surface area contributed by atoms with Gasteiger partial charge in [-0.25, -0.2) is 4.98 Å². The van der Waals surface area contributed by atoms with Crippen LogP contribution in [0.3, 0.4) is 0 Å². The van der Waals surface area contributed by atoms with E-state index in [1.165, 1.54) is 4.88 Å². The van der Waals surface area contributed by atoms with Crippen LogP contribution in [0.2, 0.25) is 0 Å². The average molecular weight is 306 g/mol. The normalized spacial score (nSPS) is 13.2. The molecule has 2 aromatic heterocycles. The summed E-state index contributed by atoms with van der Waals surface area (Å²) < 4.78 is 1.80. The largest absolute Gasteiger partial charge is 0.351 e. The highest BCUT2D eigenvalue weighted by Gasteiger charge is 2.17. The minimum absolute atomic E-state index is 0.0920. The minimum atomic E-state index is -0.121. The topological polar surface area (TPSA) is 59.8 Å². The second-order valence-electron chi connectivity index (χ2n) is 6.26. The van der Waals surface area contributed by atoms with E-state index in [1.54, 1.807) is 28.4 Å². The van der Waals surface area contributed by atoms with Crippen molar-refractivity contribution in [1.29, 1.82) is 0 Å². The van der Waals surface area contributed by atoms with Gasteiger partial charge in [0.15, 0.2) is 0 Å². The molecule has 5 nitrogen and oxygen atoms in total. The third kappa shape index (κ3) is 3.91. The maximum Gasteiger partial charge on any atom is 0.254 e. The molecule has 0 saturated carbocycles. The van der Waals surface area contributed by atoms with Crippen LogP contribution in [-0.4, -0.2) is 27.2 Å². The predicted molar refractivity (Wildman–Crippen MR) is 84.8 cm³/mol. The van der Waals surface area contributed by atoms with E-state index in [0.717, 1.165) is 5.01 Å². The Bertz CT molecular complexity index is 624. The molecule has 0 bridgehead atoms. The van der Waals surface area contributed by atoms with Crippen LogP contribution < -0.4 is 5.32 Å². The van der Waals surface area contributed by atoms with Crippen LogP contribution in [0.1, 0.15) is 53.9 Å². The number of aryl methyl sites for hydroxylation is 1. The van der Waals surface area contributed by atoms with Gasteiger partial charge in [-0.15, -0.1) is 11.3 Å². The number of carbonyl (C=O) groups is 1. The molecule has 1 atom stereocenters. The van der Waals surface area contributed by atoms with Gasteiger partial charge in [-0.1, -0.05) is 6.92 Å². The Hall–Kier alpha value is -1.69. The summed E-state index contributed by atoms with van der Waals surface area (Å²) in [6.07, 6.45) is 5.26. The molecule has 0 aliphatic heterocycles. The lowest BCUT2D eigenvalue weighted by atomic mass is 10.1. The van der Waals surface area contributed by atoms with Crippen LogP contribution in [-0.2, 0) is 5.54 Å². The van der Waals surface area contributed by atoms with Crippen LogP contribution in [0.4, 0.5) is 0 Å². The van der Waals surface area contributed by atoms with E-state index in [9.17, 15) is 4.79 Å². The zero-order valence-electron chi connectivity index (χ0n) is 13.2. The number of thiazole rings is 1. The second-order valence-corrected chi connectivity index (χ2v) is 7.53. The first-order valence-corrected chi connectivity index (χ1v) is 7.84. The van der Waals surface area contributed by atoms with Crippen LogP contribution in [0, 0.1) is 6.92 Å². The summed E-state index contributed by atoms with van der Waals surface area (Å²) in [6, 6.07) is 0. The minimum Gasteiger partial charge on any atom is -0.351 e. The van der Waals surface area contributed by atoms with Crippen molar-refractivity contribution in [2.45, 2.75) is 46.1 Å². The fourth-order valence-electron chi connectivity index (χ4n) is 1.84. The van der Waals surface area contributed by atoms with E-state index < -0.39 is 0 Å². The molecule has 1 amide bonds. The van der Waals surface area contributed by atoms with Gasteiger partial charge in [-0.05, 0) is 27.7 Å². The van der Waals surface area contributed by atoms with Crippen molar-refractivity contribution in [2.75, 3.05) is 6.54 Å². The highest BCUT2D eigenvalue weighted by atomic mass is 32.1. The molecular weight excluding hydrogens is 284 g/mol. The maximum atomic E-state index is 12.1. The molecule has 21 heavy (non-hydrogen) atoms. The molecule has 0 fully saturated rings. The molecule has 114 valence electrons. The van der Waals surface area contributed by atoms with Crippen LogP contribution in [0.25, 0.3) is 0 Å². The lowest BCUT2D eigenvalue weighted by molar-refractivity contribution is 0.0951. The highest BCUT2D eigenvalue weighted by Crippen LogP contribution is 2.20. The van der Waals surface area contributed by atoms with Crippen molar-refractivity contribution in [3.63, 3.8) is 0 Å². The fraction of sp³-hybridized carbons (Fsp3) is 0.533. The van der Waals surface area contributed by atoms with Gasteiger partial charge < -0.3 is 5.32 Å². The second kappa shape index (κ2) is 5.97. The number of carbonyl (C=O) groups excluding carboxylic acids is 1. The van der Waals surface area contributed by atoms with Crippen molar-refractivity contribution < 1.29 is 4.79 Å². The quantitative estimate of drug-likeness (QED) is 0.944. The van der Waals surface area contributed by atoms with Crippen molar-refractivity contribution in [2.24, 2.45) is 0 Å². The Morgan fingerprint density at radius 2 is 2.14 bits per heavy atom. The number of nitrogens with zero attached hydrogens (tertiary/aromatic N) is 3. The first-order valence-electron chi connectivity index (χ1n) is 7.03. The summed E-state index contributed by atoms with van der Waals surface area (Å²) in [4.78, 5) is 17.7. The van der Waals surface area contributed by atoms with Gasteiger partial charge in [-0.3, -0.25) is 9.48 Å². The summed E-state index contributed by atoms with van der Waals surface area (Å²) in [6.45, 7) is 10.8. The Balaban J connectivity index is 1.94. The van der Waals surface area contributed by atoms with E-state index >= 15 is 0 Å². The molecule has 1 N–H and O–H groups in total. The molecule has 1 unspecified atom stereocenters. The molecule has 2 heterocycles. The molecule has 0 aliphatic rings. The van der Waals surface area contributed by atoms with Gasteiger partial charge in [0.25, 0.3) is 5.91 Å². The fourth-order valence-corrected chi connectivity index (χ4v) is 2.67. The Morgan fingerprint density at radius 1 is 1.43 bits per heavy atom. The molecule has 2 aromatic rings. The van der Waals surface area contributed by atoms with Crippen LogP contribution >= 0.6 is 11.3 Å². The number of amides is 1. The van der Waals surface area contributed by atoms with E-state index in [0.29, 0.717) is 12.1 Å². The molecule has 0 radical (unpaired) electrons. The monoisotopic (exact) mass is 306 g/mol. The Morgan fingerprint density at radius 3 is 2.67 bits per heavy atom. The van der Waals surface area contributed by atoms with Crippen molar-refractivity contribution >= 4 is 17.2 Å². The third-order valence-electron chi connectivity index (χ3n) is 3.16. The number of rotatable bonds is 4. The van der Waals surface area contributed by atoms with Gasteiger partial charge in [0, 0.05) is 29.7 Å². The molecule has 6 heteroatoms. The van der Waals surface area contributed by atoms with Crippen molar-refractivity contribution in [3.05, 3.63) is 34.0 Å². The van der Waals surface area contributed by atoms with E-state index in [4.69, 9.17) is 0 Å². The maximum absolute atomic E-state index is 12.1. The smallest absolute Gasteiger partial charge is 0.254 e. The van der Waals surface area contributed by atoms with Gasteiger partial charge in [0.2, 0.25) is 0 Å². The SMILES string of the molecule is Cc1cnc(C(C)CNC(=O)c2cnn(C(C)(C)C)c2)s1. The first-order chi connectivity index (χ1) is 9.77. The number of hydrogen-bond acceptors (Lipinski definition) is 4. The van der Waals surface area contributed by atoms with E-state index in [2.05, 4.69) is 43.1 Å². The molecule has 2 rings (SSSR count). The third-order valence-corrected chi connectivity index (χ3v) is 4.31. The summed E-state index contributed by atoms with van der Waals surface area (Å²) >= 11 is 1.67. The highest BCUT2D eigenvalue weighted by molar-refractivity contribution is 7.11. The molecular formula is C15H22N4OS. The molecule has 0 aromatic carbocycles. The summed E-state index contributed by atoms with van der Waals surface area (Å²) in [5.74, 6) is 0.121. The van der Waals surface area contributed by atoms with Gasteiger partial charge in [-0.2, -0.15) is 5.10 Å². The van der Waals surface area contributed by atoms with Crippen LogP contribution in [0.15, 0.2) is 18.6 Å². The van der Waals surface area contributed by atoms with Crippen molar-refractivity contribution in [3.8, 4) is 0 Å². The zero-order chi connectivity index (χ0) is 15.6. The van der Waals surface area contributed by atoms with Gasteiger partial charge in [0.05, 0.1) is 22.3 Å². The number of nitrogens with one attached hydrogen (secondary N) is 1. The lowest BCUT2D eigenvalue weighted by Crippen LogP contribution is -2.27. The van der Waals surface area contributed by atoms with E-state index in [1.807, 2.05) is 13.1 Å². The van der Waals surface area contributed by atoms with Gasteiger partial charge >= 0.3 is 0 Å². The number of aromatic nitrogens is 3. The first kappa shape index (κ1) is 15.7. The summed E-state index contributed by atoms with van der Waals surface area (Å²) in [5, 5.41) is 8.24. The van der Waals surface area contributed by atoms with Crippen LogP contribution in [0.5, 0.6) is 0 Å². The Labute approximate surface area is 129 Å².